The van der Waals surface area contributed by atoms with E-state index in [0.717, 1.165) is 65.5 Å². The van der Waals surface area contributed by atoms with Crippen LogP contribution in [0.4, 0.5) is 11.5 Å². The average molecular weight is 468 g/mol. The maximum Gasteiger partial charge on any atom is 0.181 e. The number of nitrogens with one attached hydrogen (secondary N) is 2. The molecule has 5 aromatic rings. The van der Waals surface area contributed by atoms with Gasteiger partial charge in [-0.1, -0.05) is 0 Å². The third-order valence-electron chi connectivity index (χ3n) is 6.86. The lowest BCUT2D eigenvalue weighted by molar-refractivity contribution is 0.514. The second-order valence-electron chi connectivity index (χ2n) is 9.28. The molecule has 0 amide bonds. The lowest BCUT2D eigenvalue weighted by Gasteiger charge is -2.37. The van der Waals surface area contributed by atoms with Gasteiger partial charge >= 0.3 is 0 Å². The van der Waals surface area contributed by atoms with Crippen molar-refractivity contribution in [3.8, 4) is 22.8 Å². The number of hydrogen-bond acceptors (Lipinski definition) is 9. The Morgan fingerprint density at radius 2 is 1.83 bits per heavy atom. The molecule has 7 heterocycles. The minimum atomic E-state index is 0.195. The van der Waals surface area contributed by atoms with E-state index in [1.165, 1.54) is 19.3 Å². The van der Waals surface area contributed by atoms with Crippen molar-refractivity contribution in [2.24, 2.45) is 5.73 Å². The van der Waals surface area contributed by atoms with Crippen molar-refractivity contribution in [3.05, 3.63) is 36.9 Å². The molecule has 0 radical (unpaired) electrons. The summed E-state index contributed by atoms with van der Waals surface area (Å²) in [7, 11) is 0. The Labute approximate surface area is 200 Å². The van der Waals surface area contributed by atoms with Crippen molar-refractivity contribution < 1.29 is 0 Å². The fraction of sp³-hybridized carbons (Fsp3) is 0.333. The Morgan fingerprint density at radius 1 is 0.943 bits per heavy atom. The van der Waals surface area contributed by atoms with Gasteiger partial charge < -0.3 is 20.5 Å². The number of piperidine rings is 1. The summed E-state index contributed by atoms with van der Waals surface area (Å²) < 4.78 is 0. The first kappa shape index (κ1) is 20.3. The van der Waals surface area contributed by atoms with E-state index in [-0.39, 0.29) is 6.04 Å². The van der Waals surface area contributed by atoms with Crippen molar-refractivity contribution in [2.45, 2.75) is 25.3 Å². The molecule has 0 unspecified atom stereocenters. The van der Waals surface area contributed by atoms with Gasteiger partial charge in [-0.25, -0.2) is 19.9 Å². The normalized spacial score (nSPS) is 16.8. The predicted octanol–water partition coefficient (Wildman–Crippen LogP) is 2.49. The van der Waals surface area contributed by atoms with Crippen LogP contribution in [0.1, 0.15) is 19.3 Å². The fourth-order valence-corrected chi connectivity index (χ4v) is 4.98. The van der Waals surface area contributed by atoms with Crippen LogP contribution in [0.3, 0.4) is 0 Å². The van der Waals surface area contributed by atoms with Gasteiger partial charge in [0.25, 0.3) is 0 Å². The van der Waals surface area contributed by atoms with Crippen LogP contribution in [0.15, 0.2) is 36.9 Å². The highest BCUT2D eigenvalue weighted by molar-refractivity contribution is 5.95. The molecule has 7 rings (SSSR count). The lowest BCUT2D eigenvalue weighted by Crippen LogP contribution is -2.56. The number of hydrogen-bond donors (Lipinski definition) is 3. The number of anilines is 2. The summed E-state index contributed by atoms with van der Waals surface area (Å²) in [5.74, 6) is 1.51. The molecule has 0 atom stereocenters. The number of aromatic amines is 2. The van der Waals surface area contributed by atoms with Gasteiger partial charge in [0, 0.05) is 50.2 Å². The van der Waals surface area contributed by atoms with Gasteiger partial charge in [-0.2, -0.15) is 5.10 Å². The average Bonchev–Trinajstić information content (AvgIpc) is 3.51. The molecule has 0 spiro atoms. The molecule has 11 heteroatoms. The molecule has 35 heavy (non-hydrogen) atoms. The Bertz CT molecular complexity index is 1530. The third-order valence-corrected chi connectivity index (χ3v) is 6.86. The number of fused-ring (bicyclic) bond motifs is 2. The molecule has 2 aliphatic heterocycles. The second-order valence-corrected chi connectivity index (χ2v) is 9.28. The van der Waals surface area contributed by atoms with E-state index in [1.54, 1.807) is 18.6 Å². The Kier molecular flexibility index (Phi) is 4.62. The lowest BCUT2D eigenvalue weighted by atomic mass is 10.1. The zero-order chi connectivity index (χ0) is 23.4. The van der Waals surface area contributed by atoms with Gasteiger partial charge in [0.05, 0.1) is 29.2 Å². The highest BCUT2D eigenvalue weighted by Crippen LogP contribution is 2.32. The monoisotopic (exact) mass is 467 g/mol. The summed E-state index contributed by atoms with van der Waals surface area (Å²) in [6.07, 6.45) is 10.8. The molecule has 2 saturated heterocycles. The second kappa shape index (κ2) is 7.98. The van der Waals surface area contributed by atoms with Gasteiger partial charge in [0.2, 0.25) is 0 Å². The minimum Gasteiger partial charge on any atom is -0.370 e. The maximum absolute atomic E-state index is 5.93. The molecular weight excluding hydrogens is 442 g/mol. The molecule has 11 nitrogen and oxygen atoms in total. The summed E-state index contributed by atoms with van der Waals surface area (Å²) in [6.45, 7) is 3.69. The van der Waals surface area contributed by atoms with Crippen LogP contribution >= 0.6 is 0 Å². The van der Waals surface area contributed by atoms with Crippen LogP contribution in [0.5, 0.6) is 0 Å². The van der Waals surface area contributed by atoms with Crippen molar-refractivity contribution >= 4 is 33.7 Å². The van der Waals surface area contributed by atoms with Crippen LogP contribution in [0.2, 0.25) is 0 Å². The largest absolute Gasteiger partial charge is 0.370 e. The summed E-state index contributed by atoms with van der Waals surface area (Å²) in [5.41, 5.74) is 11.7. The van der Waals surface area contributed by atoms with E-state index in [4.69, 9.17) is 15.7 Å². The number of nitrogens with two attached hydrogens (primary N) is 1. The van der Waals surface area contributed by atoms with Gasteiger partial charge in [-0.3, -0.25) is 10.1 Å². The number of aromatic nitrogens is 8. The number of pyridine rings is 2. The summed E-state index contributed by atoms with van der Waals surface area (Å²) in [4.78, 5) is 31.1. The molecular formula is C24H25N11. The molecule has 4 N–H and O–H groups in total. The van der Waals surface area contributed by atoms with Crippen molar-refractivity contribution in [1.82, 2.24) is 40.1 Å². The molecule has 0 aliphatic carbocycles. The van der Waals surface area contributed by atoms with Gasteiger partial charge in [0.1, 0.15) is 17.0 Å². The van der Waals surface area contributed by atoms with E-state index in [9.17, 15) is 0 Å². The van der Waals surface area contributed by atoms with Crippen LogP contribution < -0.4 is 15.5 Å². The summed E-state index contributed by atoms with van der Waals surface area (Å²) >= 11 is 0. The summed E-state index contributed by atoms with van der Waals surface area (Å²) in [6, 6.07) is 4.29. The van der Waals surface area contributed by atoms with Crippen LogP contribution in [-0.2, 0) is 0 Å². The minimum absolute atomic E-state index is 0.195. The number of H-pyrrole nitrogens is 2. The first-order valence-electron chi connectivity index (χ1n) is 12.0. The maximum atomic E-state index is 5.93. The molecule has 0 aromatic carbocycles. The smallest absolute Gasteiger partial charge is 0.181 e. The first-order valence-corrected chi connectivity index (χ1v) is 12.0. The molecule has 0 saturated carbocycles. The molecule has 5 aromatic heterocycles. The molecule has 2 fully saturated rings. The van der Waals surface area contributed by atoms with Crippen LogP contribution in [0, 0.1) is 0 Å². The first-order chi connectivity index (χ1) is 17.2. The van der Waals surface area contributed by atoms with Crippen molar-refractivity contribution in [1.29, 1.82) is 0 Å². The van der Waals surface area contributed by atoms with Crippen LogP contribution in [0.25, 0.3) is 45.0 Å². The highest BCUT2D eigenvalue weighted by atomic mass is 15.3. The topological polar surface area (TPSA) is 141 Å². The predicted molar refractivity (Wildman–Crippen MR) is 134 cm³/mol. The van der Waals surface area contributed by atoms with Crippen molar-refractivity contribution in [3.63, 3.8) is 0 Å². The summed E-state index contributed by atoms with van der Waals surface area (Å²) in [5, 5.41) is 8.38. The Morgan fingerprint density at radius 3 is 2.69 bits per heavy atom. The third kappa shape index (κ3) is 3.46. The number of imidazole rings is 1. The molecule has 176 valence electrons. The van der Waals surface area contributed by atoms with E-state index in [1.807, 2.05) is 12.3 Å². The van der Waals surface area contributed by atoms with Gasteiger partial charge in [-0.05, 0) is 31.4 Å². The van der Waals surface area contributed by atoms with E-state index >= 15 is 0 Å². The highest BCUT2D eigenvalue weighted by Gasteiger charge is 2.25. The van der Waals surface area contributed by atoms with Crippen LogP contribution in [-0.4, -0.2) is 72.3 Å². The Balaban J connectivity index is 1.28. The SMILES string of the molecule is NC1CN(c2cncc(-c3cnc4n[nH]c(-c5nc6nccc(N7CCCCC7)c6[nH]5)c4c3)n2)C1. The van der Waals surface area contributed by atoms with Gasteiger partial charge in [0.15, 0.2) is 17.1 Å². The molecule has 2 aliphatic rings. The fourth-order valence-electron chi connectivity index (χ4n) is 4.98. The number of rotatable bonds is 4. The standard InChI is InChI=1S/C24H25N11/c25-15-12-35(13-15)19-11-26-10-17(29-19)14-8-16-20(32-33-22(16)28-9-14)24-30-21-18(4-5-27-23(21)31-24)34-6-2-1-3-7-34/h4-5,8-11,15H,1-3,6-7,12-13,25H2,(H,27,30,31)(H,28,32,33). The number of nitrogens with zero attached hydrogens (tertiary/aromatic N) is 8. The van der Waals surface area contributed by atoms with Gasteiger partial charge in [-0.15, -0.1) is 0 Å². The quantitative estimate of drug-likeness (QED) is 0.363. The van der Waals surface area contributed by atoms with Crippen molar-refractivity contribution in [2.75, 3.05) is 36.0 Å². The van der Waals surface area contributed by atoms with E-state index in [2.05, 4.69) is 46.0 Å². The zero-order valence-corrected chi connectivity index (χ0v) is 19.1. The van der Waals surface area contributed by atoms with E-state index in [0.29, 0.717) is 17.1 Å². The zero-order valence-electron chi connectivity index (χ0n) is 19.1. The van der Waals surface area contributed by atoms with E-state index < -0.39 is 0 Å². The molecule has 0 bridgehead atoms. The Hall–Kier alpha value is -4.12.